The van der Waals surface area contributed by atoms with Crippen molar-refractivity contribution in [1.29, 1.82) is 0 Å². The molecule has 0 saturated heterocycles. The van der Waals surface area contributed by atoms with Crippen molar-refractivity contribution in [3.8, 4) is 0 Å². The molecule has 4 aromatic rings. The number of carbonyl (C=O) groups excluding carboxylic acids is 1. The number of nitrogens with one attached hydrogen (secondary N) is 1. The van der Waals surface area contributed by atoms with Crippen LogP contribution < -0.4 is 10.9 Å². The standard InChI is InChI=1S/C22H20FN5O2/c1-15-4-2-3-5-18(15)21(29)24-10-11-28-20-19(12-26-28)22(30)27(14-25-20)13-16-6-8-17(23)9-7-16/h2-9,12,14H,10-11,13H2,1H3,(H,24,29). The summed E-state index contributed by atoms with van der Waals surface area (Å²) in [5.74, 6) is -0.477. The van der Waals surface area contributed by atoms with Crippen molar-refractivity contribution < 1.29 is 9.18 Å². The van der Waals surface area contributed by atoms with E-state index in [1.54, 1.807) is 22.9 Å². The summed E-state index contributed by atoms with van der Waals surface area (Å²) in [5.41, 5.74) is 2.57. The average Bonchev–Trinajstić information content (AvgIpc) is 3.15. The van der Waals surface area contributed by atoms with Crippen molar-refractivity contribution in [3.05, 3.63) is 93.9 Å². The van der Waals surface area contributed by atoms with Crippen LogP contribution in [0.4, 0.5) is 4.39 Å². The SMILES string of the molecule is Cc1ccccc1C(=O)NCCn1ncc2c(=O)n(Cc3ccc(F)cc3)cnc21. The largest absolute Gasteiger partial charge is 0.350 e. The van der Waals surface area contributed by atoms with Gasteiger partial charge < -0.3 is 5.32 Å². The number of hydrogen-bond donors (Lipinski definition) is 1. The molecule has 0 fully saturated rings. The summed E-state index contributed by atoms with van der Waals surface area (Å²) in [7, 11) is 0. The molecule has 1 N–H and O–H groups in total. The Kier molecular flexibility index (Phi) is 5.38. The number of carbonyl (C=O) groups is 1. The van der Waals surface area contributed by atoms with Crippen LogP contribution in [0.5, 0.6) is 0 Å². The normalized spacial score (nSPS) is 11.0. The smallest absolute Gasteiger partial charge is 0.264 e. The topological polar surface area (TPSA) is 81.8 Å². The summed E-state index contributed by atoms with van der Waals surface area (Å²) >= 11 is 0. The second kappa shape index (κ2) is 8.28. The molecule has 0 aliphatic heterocycles. The number of halogens is 1. The third-order valence-corrected chi connectivity index (χ3v) is 4.89. The van der Waals surface area contributed by atoms with Crippen molar-refractivity contribution in [2.45, 2.75) is 20.0 Å². The molecule has 2 heterocycles. The average molecular weight is 405 g/mol. The first-order valence-electron chi connectivity index (χ1n) is 9.52. The molecule has 0 aliphatic carbocycles. The minimum Gasteiger partial charge on any atom is -0.350 e. The fourth-order valence-corrected chi connectivity index (χ4v) is 3.26. The predicted molar refractivity (Wildman–Crippen MR) is 111 cm³/mol. The molecule has 30 heavy (non-hydrogen) atoms. The molecule has 0 unspecified atom stereocenters. The molecule has 8 heteroatoms. The van der Waals surface area contributed by atoms with Crippen LogP contribution in [0, 0.1) is 12.7 Å². The number of hydrogen-bond acceptors (Lipinski definition) is 4. The Morgan fingerprint density at radius 2 is 1.90 bits per heavy atom. The number of aryl methyl sites for hydroxylation is 1. The van der Waals surface area contributed by atoms with Crippen molar-refractivity contribution in [2.75, 3.05) is 6.54 Å². The summed E-state index contributed by atoms with van der Waals surface area (Å²) in [6.07, 6.45) is 2.94. The summed E-state index contributed by atoms with van der Waals surface area (Å²) in [4.78, 5) is 29.4. The maximum atomic E-state index is 13.1. The van der Waals surface area contributed by atoms with E-state index in [4.69, 9.17) is 0 Å². The van der Waals surface area contributed by atoms with Gasteiger partial charge in [-0.25, -0.2) is 14.1 Å². The van der Waals surface area contributed by atoms with Gasteiger partial charge in [0.15, 0.2) is 5.65 Å². The highest BCUT2D eigenvalue weighted by Gasteiger charge is 2.12. The lowest BCUT2D eigenvalue weighted by Gasteiger charge is -2.09. The minimum absolute atomic E-state index is 0.154. The van der Waals surface area contributed by atoms with E-state index in [9.17, 15) is 14.0 Å². The van der Waals surface area contributed by atoms with Crippen molar-refractivity contribution in [1.82, 2.24) is 24.6 Å². The second-order valence-electron chi connectivity index (χ2n) is 6.98. The highest BCUT2D eigenvalue weighted by Crippen LogP contribution is 2.09. The summed E-state index contributed by atoms with van der Waals surface area (Å²) in [6.45, 7) is 2.91. The quantitative estimate of drug-likeness (QED) is 0.534. The Bertz CT molecular complexity index is 1260. The van der Waals surface area contributed by atoms with Gasteiger partial charge in [-0.3, -0.25) is 14.2 Å². The Labute approximate surface area is 171 Å². The van der Waals surface area contributed by atoms with E-state index in [1.165, 1.54) is 29.2 Å². The molecule has 0 spiro atoms. The molecule has 0 atom stereocenters. The third kappa shape index (κ3) is 3.98. The van der Waals surface area contributed by atoms with Crippen LogP contribution >= 0.6 is 0 Å². The molecule has 0 radical (unpaired) electrons. The van der Waals surface area contributed by atoms with E-state index in [0.717, 1.165) is 11.1 Å². The van der Waals surface area contributed by atoms with Crippen LogP contribution in [0.1, 0.15) is 21.5 Å². The highest BCUT2D eigenvalue weighted by atomic mass is 19.1. The van der Waals surface area contributed by atoms with Gasteiger partial charge in [0.05, 0.1) is 19.3 Å². The van der Waals surface area contributed by atoms with Crippen LogP contribution in [0.3, 0.4) is 0 Å². The monoisotopic (exact) mass is 405 g/mol. The number of aromatic nitrogens is 4. The number of rotatable bonds is 6. The zero-order valence-corrected chi connectivity index (χ0v) is 16.4. The van der Waals surface area contributed by atoms with Gasteiger partial charge in [0.1, 0.15) is 17.5 Å². The van der Waals surface area contributed by atoms with Gasteiger partial charge in [0.2, 0.25) is 0 Å². The minimum atomic E-state index is -0.324. The molecule has 7 nitrogen and oxygen atoms in total. The summed E-state index contributed by atoms with van der Waals surface area (Å²) < 4.78 is 16.1. The Hall–Kier alpha value is -3.81. The Balaban J connectivity index is 1.46. The van der Waals surface area contributed by atoms with Gasteiger partial charge in [0, 0.05) is 12.1 Å². The van der Waals surface area contributed by atoms with E-state index in [-0.39, 0.29) is 17.3 Å². The second-order valence-corrected chi connectivity index (χ2v) is 6.98. The third-order valence-electron chi connectivity index (χ3n) is 4.89. The van der Waals surface area contributed by atoms with Crippen LogP contribution in [0.2, 0.25) is 0 Å². The molecular weight excluding hydrogens is 385 g/mol. The number of fused-ring (bicyclic) bond motifs is 1. The first-order valence-corrected chi connectivity index (χ1v) is 9.52. The zero-order chi connectivity index (χ0) is 21.1. The lowest BCUT2D eigenvalue weighted by Crippen LogP contribution is -2.28. The van der Waals surface area contributed by atoms with Gasteiger partial charge in [-0.2, -0.15) is 5.10 Å². The van der Waals surface area contributed by atoms with Gasteiger partial charge in [0.25, 0.3) is 11.5 Å². The van der Waals surface area contributed by atoms with E-state index in [2.05, 4.69) is 15.4 Å². The first kappa shape index (κ1) is 19.5. The molecule has 152 valence electrons. The van der Waals surface area contributed by atoms with Crippen LogP contribution in [-0.4, -0.2) is 31.8 Å². The van der Waals surface area contributed by atoms with E-state index in [0.29, 0.717) is 36.2 Å². The maximum Gasteiger partial charge on any atom is 0.264 e. The Morgan fingerprint density at radius 3 is 2.67 bits per heavy atom. The first-order chi connectivity index (χ1) is 14.5. The van der Waals surface area contributed by atoms with Crippen molar-refractivity contribution >= 4 is 16.9 Å². The lowest BCUT2D eigenvalue weighted by molar-refractivity contribution is 0.0951. The highest BCUT2D eigenvalue weighted by molar-refractivity contribution is 5.95. The van der Waals surface area contributed by atoms with Crippen LogP contribution in [-0.2, 0) is 13.1 Å². The lowest BCUT2D eigenvalue weighted by atomic mass is 10.1. The van der Waals surface area contributed by atoms with Gasteiger partial charge in [-0.05, 0) is 36.2 Å². The molecular formula is C22H20FN5O2. The maximum absolute atomic E-state index is 13.1. The summed E-state index contributed by atoms with van der Waals surface area (Å²) in [5, 5.41) is 7.50. The molecule has 0 aliphatic rings. The fraction of sp³-hybridized carbons (Fsp3) is 0.182. The number of nitrogens with zero attached hydrogens (tertiary/aromatic N) is 4. The summed E-state index contributed by atoms with van der Waals surface area (Å²) in [6, 6.07) is 13.3. The molecule has 2 aromatic carbocycles. The fourth-order valence-electron chi connectivity index (χ4n) is 3.26. The molecule has 0 bridgehead atoms. The molecule has 0 saturated carbocycles. The van der Waals surface area contributed by atoms with Crippen LogP contribution in [0.25, 0.3) is 11.0 Å². The van der Waals surface area contributed by atoms with Crippen molar-refractivity contribution in [3.63, 3.8) is 0 Å². The Morgan fingerprint density at radius 1 is 1.13 bits per heavy atom. The van der Waals surface area contributed by atoms with Gasteiger partial charge in [-0.1, -0.05) is 30.3 Å². The molecule has 4 rings (SSSR count). The van der Waals surface area contributed by atoms with Gasteiger partial charge >= 0.3 is 0 Å². The van der Waals surface area contributed by atoms with Gasteiger partial charge in [-0.15, -0.1) is 0 Å². The number of amides is 1. The molecule has 1 amide bonds. The molecule has 2 aromatic heterocycles. The van der Waals surface area contributed by atoms with Crippen molar-refractivity contribution in [2.24, 2.45) is 0 Å². The van der Waals surface area contributed by atoms with E-state index >= 15 is 0 Å². The van der Waals surface area contributed by atoms with E-state index in [1.807, 2.05) is 25.1 Å². The predicted octanol–water partition coefficient (Wildman–Crippen LogP) is 2.52. The van der Waals surface area contributed by atoms with Crippen LogP contribution in [0.15, 0.2) is 65.8 Å². The number of benzene rings is 2. The van der Waals surface area contributed by atoms with E-state index < -0.39 is 0 Å². The zero-order valence-electron chi connectivity index (χ0n) is 16.4.